The maximum Gasteiger partial charge on any atom is 0.260 e. The molecule has 124 valence electrons. The minimum Gasteiger partial charge on any atom is -0.309 e. The highest BCUT2D eigenvalue weighted by atomic mass is 35.5. The molecule has 0 aliphatic carbocycles. The smallest absolute Gasteiger partial charge is 0.260 e. The molecular formula is C17H15ClN2O2S2. The summed E-state index contributed by atoms with van der Waals surface area (Å²) in [5.41, 5.74) is 1.69. The van der Waals surface area contributed by atoms with Crippen molar-refractivity contribution in [2.45, 2.75) is 12.7 Å². The molecule has 2 aromatic heterocycles. The number of rotatable bonds is 5. The van der Waals surface area contributed by atoms with Gasteiger partial charge in [-0.05, 0) is 12.5 Å². The molecule has 0 bridgehead atoms. The van der Waals surface area contributed by atoms with E-state index >= 15 is 0 Å². The molecule has 3 rings (SSSR count). The lowest BCUT2D eigenvalue weighted by molar-refractivity contribution is 0.683. The van der Waals surface area contributed by atoms with Gasteiger partial charge in [0.2, 0.25) is 0 Å². The van der Waals surface area contributed by atoms with Gasteiger partial charge in [0.15, 0.2) is 0 Å². The van der Waals surface area contributed by atoms with Crippen molar-refractivity contribution in [2.75, 3.05) is 5.75 Å². The molecule has 1 N–H and O–H groups in total. The zero-order chi connectivity index (χ0) is 17.3. The first-order chi connectivity index (χ1) is 11.5. The molecule has 7 heteroatoms. The average Bonchev–Trinajstić information content (AvgIpc) is 2.83. The van der Waals surface area contributed by atoms with Gasteiger partial charge in [0.05, 0.1) is 16.9 Å². The molecule has 2 heterocycles. The fourth-order valence-corrected chi connectivity index (χ4v) is 4.89. The van der Waals surface area contributed by atoms with Crippen molar-refractivity contribution < 1.29 is 4.21 Å². The summed E-state index contributed by atoms with van der Waals surface area (Å²) in [4.78, 5) is 21.5. The lowest BCUT2D eigenvalue weighted by Gasteiger charge is -2.03. The summed E-state index contributed by atoms with van der Waals surface area (Å²) < 4.78 is 12.0. The van der Waals surface area contributed by atoms with Gasteiger partial charge in [0, 0.05) is 26.3 Å². The largest absolute Gasteiger partial charge is 0.309 e. The van der Waals surface area contributed by atoms with Crippen molar-refractivity contribution >= 4 is 44.0 Å². The zero-order valence-corrected chi connectivity index (χ0v) is 15.4. The van der Waals surface area contributed by atoms with Gasteiger partial charge in [-0.15, -0.1) is 11.3 Å². The van der Waals surface area contributed by atoms with Gasteiger partial charge in [-0.25, -0.2) is 4.98 Å². The fourth-order valence-electron chi connectivity index (χ4n) is 2.56. The van der Waals surface area contributed by atoms with Crippen LogP contribution in [0.5, 0.6) is 0 Å². The molecule has 4 nitrogen and oxygen atoms in total. The zero-order valence-electron chi connectivity index (χ0n) is 13.0. The third kappa shape index (κ3) is 3.50. The van der Waals surface area contributed by atoms with E-state index in [0.717, 1.165) is 16.0 Å². The van der Waals surface area contributed by atoms with Gasteiger partial charge in [0.1, 0.15) is 10.7 Å². The molecule has 0 fully saturated rings. The number of halogens is 1. The Labute approximate surface area is 150 Å². The lowest BCUT2D eigenvalue weighted by Crippen LogP contribution is -2.13. The molecule has 0 spiro atoms. The van der Waals surface area contributed by atoms with Gasteiger partial charge in [-0.1, -0.05) is 48.5 Å². The van der Waals surface area contributed by atoms with Crippen molar-refractivity contribution in [3.8, 4) is 11.1 Å². The number of aromatic nitrogens is 2. The molecule has 0 aliphatic heterocycles. The molecule has 0 aliphatic rings. The van der Waals surface area contributed by atoms with Crippen LogP contribution in [0.4, 0.5) is 0 Å². The number of hydrogen-bond donors (Lipinski definition) is 1. The van der Waals surface area contributed by atoms with E-state index < -0.39 is 10.8 Å². The standard InChI is InChI=1S/C17H15ClN2O2S2/c1-10(18)8-24(22)9-13-19-16(21)15-14(11(2)23-17(15)20-13)12-6-4-3-5-7-12/h3-7H,1,8-9H2,2H3,(H,19,20,21)/t24-/m1/s1. The molecule has 0 saturated carbocycles. The number of fused-ring (bicyclic) bond motifs is 1. The van der Waals surface area contributed by atoms with E-state index in [0.29, 0.717) is 21.1 Å². The Balaban J connectivity index is 2.07. The predicted molar refractivity (Wildman–Crippen MR) is 102 cm³/mol. The maximum absolute atomic E-state index is 12.6. The average molecular weight is 379 g/mol. The van der Waals surface area contributed by atoms with E-state index in [9.17, 15) is 9.00 Å². The number of nitrogens with zero attached hydrogens (tertiary/aromatic N) is 1. The molecule has 0 saturated heterocycles. The Morgan fingerprint density at radius 3 is 2.75 bits per heavy atom. The highest BCUT2D eigenvalue weighted by molar-refractivity contribution is 7.84. The number of aryl methyl sites for hydroxylation is 1. The van der Waals surface area contributed by atoms with E-state index in [4.69, 9.17) is 11.6 Å². The Hall–Kier alpha value is -1.76. The summed E-state index contributed by atoms with van der Waals surface area (Å²) >= 11 is 7.15. The summed E-state index contributed by atoms with van der Waals surface area (Å²) in [5.74, 6) is 0.737. The van der Waals surface area contributed by atoms with Gasteiger partial charge in [-0.3, -0.25) is 9.00 Å². The number of benzene rings is 1. The first-order valence-electron chi connectivity index (χ1n) is 7.21. The topological polar surface area (TPSA) is 62.8 Å². The number of nitrogens with one attached hydrogen (secondary N) is 1. The monoisotopic (exact) mass is 378 g/mol. The quantitative estimate of drug-likeness (QED) is 0.730. The summed E-state index contributed by atoms with van der Waals surface area (Å²) in [6.07, 6.45) is 0. The third-order valence-electron chi connectivity index (χ3n) is 3.46. The van der Waals surface area contributed by atoms with E-state index in [1.54, 1.807) is 0 Å². The van der Waals surface area contributed by atoms with Crippen molar-refractivity contribution in [1.29, 1.82) is 0 Å². The Kier molecular flexibility index (Phi) is 4.99. The van der Waals surface area contributed by atoms with Crippen LogP contribution in [-0.2, 0) is 16.6 Å². The molecule has 0 radical (unpaired) electrons. The molecule has 0 amide bonds. The van der Waals surface area contributed by atoms with Crippen molar-refractivity contribution in [3.05, 3.63) is 63.0 Å². The Morgan fingerprint density at radius 1 is 1.38 bits per heavy atom. The normalized spacial score (nSPS) is 12.4. The molecule has 0 unspecified atom stereocenters. The molecule has 24 heavy (non-hydrogen) atoms. The number of aromatic amines is 1. The molecular weight excluding hydrogens is 364 g/mol. The van der Waals surface area contributed by atoms with E-state index in [1.807, 2.05) is 37.3 Å². The van der Waals surface area contributed by atoms with Crippen LogP contribution in [-0.4, -0.2) is 19.9 Å². The Bertz CT molecular complexity index is 993. The summed E-state index contributed by atoms with van der Waals surface area (Å²) in [7, 11) is -1.25. The first kappa shape index (κ1) is 17.1. The van der Waals surface area contributed by atoms with Crippen molar-refractivity contribution in [3.63, 3.8) is 0 Å². The van der Waals surface area contributed by atoms with Crippen LogP contribution >= 0.6 is 22.9 Å². The molecule has 1 atom stereocenters. The first-order valence-corrected chi connectivity index (χ1v) is 9.90. The van der Waals surface area contributed by atoms with Crippen LogP contribution < -0.4 is 5.56 Å². The predicted octanol–water partition coefficient (Wildman–Crippen LogP) is 3.96. The molecule has 1 aromatic carbocycles. The third-order valence-corrected chi connectivity index (χ3v) is 6.02. The summed E-state index contributed by atoms with van der Waals surface area (Å²) in [5, 5.41) is 0.912. The fraction of sp³-hybridized carbons (Fsp3) is 0.176. The lowest BCUT2D eigenvalue weighted by atomic mass is 10.0. The van der Waals surface area contributed by atoms with E-state index in [2.05, 4.69) is 16.5 Å². The van der Waals surface area contributed by atoms with Gasteiger partial charge < -0.3 is 4.98 Å². The van der Waals surface area contributed by atoms with Crippen LogP contribution in [0, 0.1) is 6.92 Å². The van der Waals surface area contributed by atoms with Gasteiger partial charge in [-0.2, -0.15) is 0 Å². The van der Waals surface area contributed by atoms with Crippen LogP contribution in [0.3, 0.4) is 0 Å². The SMILES string of the molecule is C=C(Cl)C[S@@](=O)Cc1nc2sc(C)c(-c3ccccc3)c2c(=O)[nH]1. The van der Waals surface area contributed by atoms with Crippen LogP contribution in [0.2, 0.25) is 0 Å². The number of thiophene rings is 1. The summed E-state index contributed by atoms with van der Waals surface area (Å²) in [6, 6.07) is 9.77. The van der Waals surface area contributed by atoms with E-state index in [1.165, 1.54) is 11.3 Å². The highest BCUT2D eigenvalue weighted by Gasteiger charge is 2.17. The maximum atomic E-state index is 12.6. The number of hydrogen-bond acceptors (Lipinski definition) is 4. The minimum atomic E-state index is -1.25. The Morgan fingerprint density at radius 2 is 2.08 bits per heavy atom. The van der Waals surface area contributed by atoms with E-state index in [-0.39, 0.29) is 17.1 Å². The van der Waals surface area contributed by atoms with Gasteiger partial charge in [0.25, 0.3) is 5.56 Å². The van der Waals surface area contributed by atoms with Crippen LogP contribution in [0.25, 0.3) is 21.3 Å². The van der Waals surface area contributed by atoms with Crippen LogP contribution in [0.1, 0.15) is 10.7 Å². The summed E-state index contributed by atoms with van der Waals surface area (Å²) in [6.45, 7) is 5.51. The highest BCUT2D eigenvalue weighted by Crippen LogP contribution is 2.35. The van der Waals surface area contributed by atoms with Crippen molar-refractivity contribution in [2.24, 2.45) is 0 Å². The number of H-pyrrole nitrogens is 1. The van der Waals surface area contributed by atoms with Gasteiger partial charge >= 0.3 is 0 Å². The minimum absolute atomic E-state index is 0.147. The van der Waals surface area contributed by atoms with Crippen molar-refractivity contribution in [1.82, 2.24) is 9.97 Å². The van der Waals surface area contributed by atoms with Crippen LogP contribution in [0.15, 0.2) is 46.7 Å². The second-order valence-corrected chi connectivity index (χ2v) is 8.53. The second kappa shape index (κ2) is 7.01. The second-order valence-electron chi connectivity index (χ2n) is 5.34. The molecule has 3 aromatic rings.